The van der Waals surface area contributed by atoms with E-state index in [1.54, 1.807) is 18.6 Å². The van der Waals surface area contributed by atoms with Gasteiger partial charge in [-0.25, -0.2) is 9.97 Å². The molecule has 0 saturated carbocycles. The highest BCUT2D eigenvalue weighted by Crippen LogP contribution is 2.31. The van der Waals surface area contributed by atoms with E-state index >= 15 is 0 Å². The van der Waals surface area contributed by atoms with Crippen molar-refractivity contribution >= 4 is 22.1 Å². The molecular weight excluding hydrogens is 364 g/mol. The van der Waals surface area contributed by atoms with Crippen molar-refractivity contribution in [2.45, 2.75) is 0 Å². The second-order valence-electron chi connectivity index (χ2n) is 6.67. The van der Waals surface area contributed by atoms with Crippen molar-refractivity contribution in [1.29, 1.82) is 0 Å². The smallest absolute Gasteiger partial charge is 0.161 e. The average Bonchev–Trinajstić information content (AvgIpc) is 3.52. The molecule has 6 rings (SSSR count). The van der Waals surface area contributed by atoms with Crippen LogP contribution in [0.1, 0.15) is 0 Å². The molecule has 5 heterocycles. The number of benzene rings is 1. The lowest BCUT2D eigenvalue weighted by Gasteiger charge is -2.01. The molecule has 0 aliphatic carbocycles. The SMILES string of the molecule is c1cc(-c2ccncc2)c2nc(-c3n[nH]c4ccc(-c5cn[nH]c5)nc34)[nH]c2c1. The minimum absolute atomic E-state index is 0.671. The number of fused-ring (bicyclic) bond motifs is 2. The highest BCUT2D eigenvalue weighted by molar-refractivity contribution is 5.96. The van der Waals surface area contributed by atoms with Gasteiger partial charge in [0.2, 0.25) is 0 Å². The molecule has 0 unspecified atom stereocenters. The van der Waals surface area contributed by atoms with Gasteiger partial charge in [-0.2, -0.15) is 10.2 Å². The molecule has 0 bridgehead atoms. The maximum Gasteiger partial charge on any atom is 0.161 e. The minimum Gasteiger partial charge on any atom is -0.336 e. The Morgan fingerprint density at radius 3 is 2.59 bits per heavy atom. The summed E-state index contributed by atoms with van der Waals surface area (Å²) in [6, 6.07) is 13.9. The molecule has 0 saturated heterocycles. The van der Waals surface area contributed by atoms with Gasteiger partial charge in [-0.05, 0) is 35.9 Å². The quantitative estimate of drug-likeness (QED) is 0.432. The summed E-state index contributed by atoms with van der Waals surface area (Å²) >= 11 is 0. The maximum atomic E-state index is 4.86. The van der Waals surface area contributed by atoms with Gasteiger partial charge < -0.3 is 4.98 Å². The average molecular weight is 378 g/mol. The van der Waals surface area contributed by atoms with Crippen molar-refractivity contribution in [3.63, 3.8) is 0 Å². The van der Waals surface area contributed by atoms with Crippen molar-refractivity contribution in [3.05, 3.63) is 67.3 Å². The first-order valence-corrected chi connectivity index (χ1v) is 9.10. The van der Waals surface area contributed by atoms with Crippen LogP contribution < -0.4 is 0 Å². The van der Waals surface area contributed by atoms with E-state index in [-0.39, 0.29) is 0 Å². The number of nitrogens with one attached hydrogen (secondary N) is 3. The largest absolute Gasteiger partial charge is 0.336 e. The third kappa shape index (κ3) is 2.50. The van der Waals surface area contributed by atoms with E-state index in [0.29, 0.717) is 11.5 Å². The molecule has 5 aromatic heterocycles. The van der Waals surface area contributed by atoms with Gasteiger partial charge in [-0.15, -0.1) is 0 Å². The van der Waals surface area contributed by atoms with Gasteiger partial charge >= 0.3 is 0 Å². The molecule has 1 aromatic carbocycles. The second kappa shape index (κ2) is 6.10. The van der Waals surface area contributed by atoms with Crippen LogP contribution in [0.15, 0.2) is 67.3 Å². The molecule has 3 N–H and O–H groups in total. The van der Waals surface area contributed by atoms with Gasteiger partial charge in [0, 0.05) is 29.7 Å². The van der Waals surface area contributed by atoms with Crippen molar-refractivity contribution in [2.24, 2.45) is 0 Å². The third-order valence-corrected chi connectivity index (χ3v) is 4.93. The van der Waals surface area contributed by atoms with E-state index in [9.17, 15) is 0 Å². The van der Waals surface area contributed by atoms with Gasteiger partial charge in [0.1, 0.15) is 5.52 Å². The van der Waals surface area contributed by atoms with Crippen molar-refractivity contribution in [2.75, 3.05) is 0 Å². The lowest BCUT2D eigenvalue weighted by molar-refractivity contribution is 1.09. The molecule has 0 amide bonds. The van der Waals surface area contributed by atoms with E-state index in [0.717, 1.165) is 44.5 Å². The molecule has 29 heavy (non-hydrogen) atoms. The van der Waals surface area contributed by atoms with Crippen molar-refractivity contribution in [1.82, 2.24) is 40.3 Å². The fourth-order valence-corrected chi connectivity index (χ4v) is 3.52. The van der Waals surface area contributed by atoms with Crippen LogP contribution in [0.25, 0.3) is 56.0 Å². The Labute approximate surface area is 164 Å². The summed E-state index contributed by atoms with van der Waals surface area (Å²) < 4.78 is 0. The molecule has 0 aliphatic rings. The molecule has 0 fully saturated rings. The molecule has 0 spiro atoms. The van der Waals surface area contributed by atoms with Gasteiger partial charge in [0.25, 0.3) is 0 Å². The van der Waals surface area contributed by atoms with E-state index < -0.39 is 0 Å². The highest BCUT2D eigenvalue weighted by atomic mass is 15.2. The molecule has 6 aromatic rings. The molecule has 8 heteroatoms. The number of pyridine rings is 2. The molecule has 8 nitrogen and oxygen atoms in total. The Kier molecular flexibility index (Phi) is 3.30. The highest BCUT2D eigenvalue weighted by Gasteiger charge is 2.16. The number of para-hydroxylation sites is 1. The Morgan fingerprint density at radius 2 is 1.72 bits per heavy atom. The lowest BCUT2D eigenvalue weighted by Crippen LogP contribution is -1.86. The topological polar surface area (TPSA) is 112 Å². The third-order valence-electron chi connectivity index (χ3n) is 4.93. The summed E-state index contributed by atoms with van der Waals surface area (Å²) in [5.41, 5.74) is 7.96. The summed E-state index contributed by atoms with van der Waals surface area (Å²) in [6.45, 7) is 0. The van der Waals surface area contributed by atoms with Gasteiger partial charge in [-0.3, -0.25) is 15.2 Å². The van der Waals surface area contributed by atoms with Crippen molar-refractivity contribution in [3.8, 4) is 33.9 Å². The number of aromatic amines is 3. The zero-order valence-electron chi connectivity index (χ0n) is 15.1. The zero-order chi connectivity index (χ0) is 19.2. The van der Waals surface area contributed by atoms with E-state index in [1.807, 2.05) is 42.6 Å². The number of aromatic nitrogens is 8. The molecular formula is C21H14N8. The Balaban J connectivity index is 1.54. The summed E-state index contributed by atoms with van der Waals surface area (Å²) in [5, 5.41) is 14.3. The second-order valence-corrected chi connectivity index (χ2v) is 6.67. The standard InChI is InChI=1S/C21H14N8/c1-2-14(12-6-8-22-9-7-12)18-16(3-1)26-21(27-18)20-19-17(28-29-20)5-4-15(25-19)13-10-23-24-11-13/h1-11H,(H,23,24)(H,26,27)(H,28,29). The van der Waals surface area contributed by atoms with E-state index in [1.165, 1.54) is 0 Å². The maximum absolute atomic E-state index is 4.86. The predicted molar refractivity (Wildman–Crippen MR) is 110 cm³/mol. The van der Waals surface area contributed by atoms with Crippen LogP contribution in [0.3, 0.4) is 0 Å². The van der Waals surface area contributed by atoms with Crippen LogP contribution >= 0.6 is 0 Å². The normalized spacial score (nSPS) is 11.4. The monoisotopic (exact) mass is 378 g/mol. The van der Waals surface area contributed by atoms with Crippen LogP contribution in [0.4, 0.5) is 0 Å². The van der Waals surface area contributed by atoms with Crippen LogP contribution in [-0.4, -0.2) is 40.3 Å². The van der Waals surface area contributed by atoms with E-state index in [2.05, 4.69) is 36.4 Å². The summed E-state index contributed by atoms with van der Waals surface area (Å²) in [6.07, 6.45) is 7.13. The number of hydrogen-bond donors (Lipinski definition) is 3. The predicted octanol–water partition coefficient (Wildman–Crippen LogP) is 3.95. The Morgan fingerprint density at radius 1 is 0.793 bits per heavy atom. The van der Waals surface area contributed by atoms with Crippen molar-refractivity contribution < 1.29 is 0 Å². The summed E-state index contributed by atoms with van der Waals surface area (Å²) in [4.78, 5) is 17.1. The summed E-state index contributed by atoms with van der Waals surface area (Å²) in [5.74, 6) is 0.671. The first kappa shape index (κ1) is 15.7. The Hall–Kier alpha value is -4.33. The van der Waals surface area contributed by atoms with Crippen LogP contribution in [0, 0.1) is 0 Å². The number of H-pyrrole nitrogens is 3. The molecule has 0 radical (unpaired) electrons. The fourth-order valence-electron chi connectivity index (χ4n) is 3.52. The minimum atomic E-state index is 0.671. The lowest BCUT2D eigenvalue weighted by atomic mass is 10.1. The zero-order valence-corrected chi connectivity index (χ0v) is 15.1. The molecule has 0 aliphatic heterocycles. The first-order chi connectivity index (χ1) is 14.4. The Bertz CT molecular complexity index is 1440. The summed E-state index contributed by atoms with van der Waals surface area (Å²) in [7, 11) is 0. The number of hydrogen-bond acceptors (Lipinski definition) is 5. The van der Waals surface area contributed by atoms with E-state index in [4.69, 9.17) is 9.97 Å². The molecule has 138 valence electrons. The van der Waals surface area contributed by atoms with Crippen LogP contribution in [0.5, 0.6) is 0 Å². The number of imidazole rings is 1. The molecule has 0 atom stereocenters. The van der Waals surface area contributed by atoms with Crippen LogP contribution in [-0.2, 0) is 0 Å². The van der Waals surface area contributed by atoms with Gasteiger partial charge in [0.15, 0.2) is 11.5 Å². The van der Waals surface area contributed by atoms with Gasteiger partial charge in [-0.1, -0.05) is 12.1 Å². The fraction of sp³-hybridized carbons (Fsp3) is 0. The van der Waals surface area contributed by atoms with Gasteiger partial charge in [0.05, 0.1) is 28.4 Å². The number of nitrogens with zero attached hydrogens (tertiary/aromatic N) is 5. The van der Waals surface area contributed by atoms with Crippen LogP contribution in [0.2, 0.25) is 0 Å². The number of rotatable bonds is 3. The first-order valence-electron chi connectivity index (χ1n) is 9.10.